The minimum atomic E-state index is -1.25. The van der Waals surface area contributed by atoms with Crippen molar-refractivity contribution in [3.05, 3.63) is 66.4 Å². The minimum absolute atomic E-state index is 0.738. The monoisotopic (exact) mass is 307 g/mol. The molecule has 1 rings (SSSR count). The summed E-state index contributed by atoms with van der Waals surface area (Å²) >= 11 is 0. The Morgan fingerprint density at radius 1 is 1.14 bits per heavy atom. The number of hydrogen-bond acceptors (Lipinski definition) is 1. The first-order chi connectivity index (χ1) is 10.2. The van der Waals surface area contributed by atoms with Crippen LogP contribution in [0.1, 0.15) is 40.2 Å². The first-order valence-electron chi connectivity index (χ1n) is 7.38. The van der Waals surface area contributed by atoms with Gasteiger partial charge in [0.25, 0.3) is 0 Å². The van der Waals surface area contributed by atoms with E-state index in [1.165, 1.54) is 0 Å². The molecular weight excluding hydrogens is 278 g/mol. The zero-order valence-electron chi connectivity index (χ0n) is 14.1. The van der Waals surface area contributed by atoms with Gasteiger partial charge in [0.15, 0.2) is 0 Å². The van der Waals surface area contributed by atoms with Gasteiger partial charge in [0.1, 0.15) is 11.0 Å². The largest absolute Gasteiger partial charge is 0.301 e. The van der Waals surface area contributed by atoms with Crippen LogP contribution in [-0.2, 0) is 11.0 Å². The Morgan fingerprint density at radius 2 is 1.67 bits per heavy atom. The first kappa shape index (κ1) is 21.7. The molecule has 0 aliphatic carbocycles. The molecule has 0 fully saturated rings. The fraction of sp³-hybridized carbons (Fsp3) is 0.333. The van der Waals surface area contributed by atoms with Crippen molar-refractivity contribution in [2.45, 2.75) is 46.4 Å². The molecule has 1 N–H and O–H groups in total. The van der Waals surface area contributed by atoms with Gasteiger partial charge in [-0.15, -0.1) is 0 Å². The molecule has 0 aromatic heterocycles. The Labute approximate surface area is 133 Å². The number of hydrogen-bond donors (Lipinski definition) is 1. The van der Waals surface area contributed by atoms with Gasteiger partial charge in [-0.25, -0.2) is 4.21 Å². The molecule has 118 valence electrons. The van der Waals surface area contributed by atoms with E-state index in [9.17, 15) is 4.21 Å². The summed E-state index contributed by atoms with van der Waals surface area (Å²) in [5.74, 6) is 0. The molecule has 0 heterocycles. The molecular formula is C18H29NOS. The molecule has 0 bridgehead atoms. The van der Waals surface area contributed by atoms with E-state index >= 15 is 0 Å². The fourth-order valence-electron chi connectivity index (χ4n) is 1.17. The molecule has 0 saturated heterocycles. The standard InChI is InChI=1S/C14H17NOS.2C2H6/c1-4-6-7-13(5-2)15-17(16)14-10-8-12(3)9-11-14;2*1-2/h4-11,15H,2H2,1,3H3;2*1-2H3/b6-4-,13-7+;;. The molecule has 1 aromatic rings. The summed E-state index contributed by atoms with van der Waals surface area (Å²) in [7, 11) is -1.25. The number of aryl methyl sites for hydroxylation is 1. The molecule has 1 aromatic carbocycles. The van der Waals surface area contributed by atoms with Crippen LogP contribution in [0.5, 0.6) is 0 Å². The second-order valence-electron chi connectivity index (χ2n) is 3.54. The van der Waals surface area contributed by atoms with Crippen molar-refractivity contribution in [1.82, 2.24) is 4.72 Å². The number of allylic oxidation sites excluding steroid dienone is 4. The Bertz CT molecular complexity index is 459. The van der Waals surface area contributed by atoms with Gasteiger partial charge in [-0.3, -0.25) is 0 Å². The van der Waals surface area contributed by atoms with Gasteiger partial charge in [0, 0.05) is 5.70 Å². The van der Waals surface area contributed by atoms with Gasteiger partial charge >= 0.3 is 0 Å². The van der Waals surface area contributed by atoms with E-state index in [2.05, 4.69) is 11.3 Å². The van der Waals surface area contributed by atoms with Crippen molar-refractivity contribution >= 4 is 11.0 Å². The van der Waals surface area contributed by atoms with Crippen LogP contribution in [0, 0.1) is 6.92 Å². The van der Waals surface area contributed by atoms with Gasteiger partial charge in [0.2, 0.25) is 0 Å². The topological polar surface area (TPSA) is 29.1 Å². The molecule has 0 amide bonds. The average molecular weight is 308 g/mol. The van der Waals surface area contributed by atoms with Gasteiger partial charge in [-0.2, -0.15) is 0 Å². The predicted octanol–water partition coefficient (Wildman–Crippen LogP) is 5.31. The maximum atomic E-state index is 12.0. The van der Waals surface area contributed by atoms with E-state index in [0.717, 1.165) is 16.2 Å². The maximum absolute atomic E-state index is 12.0. The molecule has 21 heavy (non-hydrogen) atoms. The van der Waals surface area contributed by atoms with E-state index in [4.69, 9.17) is 0 Å². The SMILES string of the molecule is C=C/C(=C\C=C/C)NS(=O)c1ccc(C)cc1.CC.CC. The zero-order valence-corrected chi connectivity index (χ0v) is 15.0. The van der Waals surface area contributed by atoms with E-state index in [1.54, 1.807) is 6.08 Å². The molecule has 3 heteroatoms. The summed E-state index contributed by atoms with van der Waals surface area (Å²) < 4.78 is 14.9. The first-order valence-corrected chi connectivity index (χ1v) is 8.53. The van der Waals surface area contributed by atoms with Crippen molar-refractivity contribution < 1.29 is 4.21 Å². The second kappa shape index (κ2) is 14.8. The maximum Gasteiger partial charge on any atom is 0.150 e. The van der Waals surface area contributed by atoms with Crippen molar-refractivity contribution in [3.63, 3.8) is 0 Å². The lowest BCUT2D eigenvalue weighted by Crippen LogP contribution is -2.15. The smallest absolute Gasteiger partial charge is 0.150 e. The van der Waals surface area contributed by atoms with Crippen molar-refractivity contribution in [2.75, 3.05) is 0 Å². The highest BCUT2D eigenvalue weighted by Gasteiger charge is 2.02. The molecule has 0 saturated carbocycles. The third kappa shape index (κ3) is 9.85. The molecule has 1 atom stereocenters. The van der Waals surface area contributed by atoms with Crippen LogP contribution in [0.4, 0.5) is 0 Å². The summed E-state index contributed by atoms with van der Waals surface area (Å²) in [5, 5.41) is 0. The Morgan fingerprint density at radius 3 is 2.10 bits per heavy atom. The van der Waals surface area contributed by atoms with Crippen LogP contribution in [0.2, 0.25) is 0 Å². The van der Waals surface area contributed by atoms with Crippen LogP contribution < -0.4 is 4.72 Å². The molecule has 2 nitrogen and oxygen atoms in total. The molecule has 0 spiro atoms. The summed E-state index contributed by atoms with van der Waals surface area (Å²) in [4.78, 5) is 0.754. The van der Waals surface area contributed by atoms with E-state index in [-0.39, 0.29) is 0 Å². The highest BCUT2D eigenvalue weighted by atomic mass is 32.2. The predicted molar refractivity (Wildman–Crippen MR) is 96.5 cm³/mol. The van der Waals surface area contributed by atoms with Crippen molar-refractivity contribution in [3.8, 4) is 0 Å². The van der Waals surface area contributed by atoms with Crippen LogP contribution in [0.3, 0.4) is 0 Å². The summed E-state index contributed by atoms with van der Waals surface area (Å²) in [6.07, 6.45) is 7.25. The number of rotatable bonds is 5. The van der Waals surface area contributed by atoms with Gasteiger partial charge < -0.3 is 4.72 Å². The van der Waals surface area contributed by atoms with E-state index in [1.807, 2.05) is 84.0 Å². The normalized spacial score (nSPS) is 11.6. The zero-order chi connectivity index (χ0) is 16.7. The summed E-state index contributed by atoms with van der Waals surface area (Å²) in [6, 6.07) is 7.60. The highest BCUT2D eigenvalue weighted by molar-refractivity contribution is 7.83. The van der Waals surface area contributed by atoms with Crippen LogP contribution in [0.15, 0.2) is 65.7 Å². The third-order valence-corrected chi connectivity index (χ3v) is 3.26. The third-order valence-electron chi connectivity index (χ3n) is 2.13. The molecule has 1 unspecified atom stereocenters. The van der Waals surface area contributed by atoms with Crippen LogP contribution >= 0.6 is 0 Å². The summed E-state index contributed by atoms with van der Waals surface area (Å²) in [5.41, 5.74) is 1.89. The Kier molecular flexibility index (Phi) is 15.3. The minimum Gasteiger partial charge on any atom is -0.301 e. The van der Waals surface area contributed by atoms with Gasteiger partial charge in [-0.1, -0.05) is 64.1 Å². The van der Waals surface area contributed by atoms with Crippen LogP contribution in [-0.4, -0.2) is 4.21 Å². The van der Waals surface area contributed by atoms with Crippen molar-refractivity contribution in [1.29, 1.82) is 0 Å². The fourth-order valence-corrected chi connectivity index (χ4v) is 2.04. The molecule has 0 aliphatic rings. The van der Waals surface area contributed by atoms with Gasteiger partial charge in [0.05, 0.1) is 4.90 Å². The lowest BCUT2D eigenvalue weighted by molar-refractivity contribution is 0.678. The lowest BCUT2D eigenvalue weighted by Gasteiger charge is -2.06. The highest BCUT2D eigenvalue weighted by Crippen LogP contribution is 2.08. The Hall–Kier alpha value is -1.61. The van der Waals surface area contributed by atoms with Gasteiger partial charge in [-0.05, 0) is 38.1 Å². The van der Waals surface area contributed by atoms with E-state index in [0.29, 0.717) is 0 Å². The lowest BCUT2D eigenvalue weighted by atomic mass is 10.2. The van der Waals surface area contributed by atoms with Crippen molar-refractivity contribution in [2.24, 2.45) is 0 Å². The molecule has 0 aliphatic heterocycles. The Balaban J connectivity index is 0. The van der Waals surface area contributed by atoms with E-state index < -0.39 is 11.0 Å². The second-order valence-corrected chi connectivity index (χ2v) is 4.75. The van der Waals surface area contributed by atoms with Crippen LogP contribution in [0.25, 0.3) is 0 Å². The number of benzene rings is 1. The number of nitrogens with one attached hydrogen (secondary N) is 1. The summed E-state index contributed by atoms with van der Waals surface area (Å²) in [6.45, 7) is 15.6. The molecule has 0 radical (unpaired) electrons. The quantitative estimate of drug-likeness (QED) is 0.734. The average Bonchev–Trinajstić information content (AvgIpc) is 2.55.